The van der Waals surface area contributed by atoms with Gasteiger partial charge in [0.05, 0.1) is 12.6 Å². The molecule has 1 aliphatic carbocycles. The van der Waals surface area contributed by atoms with Crippen LogP contribution in [0.25, 0.3) is 10.9 Å². The summed E-state index contributed by atoms with van der Waals surface area (Å²) in [5, 5.41) is 1.30. The fraction of sp³-hybridized carbons (Fsp3) is 0.640. The summed E-state index contributed by atoms with van der Waals surface area (Å²) in [4.78, 5) is 15.5. The maximum absolute atomic E-state index is 13.4. The molecule has 0 bridgehead atoms. The van der Waals surface area contributed by atoms with Gasteiger partial charge in [-0.25, -0.2) is 0 Å². The Hall–Kier alpha value is -1.97. The number of amides is 1. The van der Waals surface area contributed by atoms with Crippen LogP contribution in [0, 0.1) is 11.8 Å². The fourth-order valence-electron chi connectivity index (χ4n) is 4.34. The van der Waals surface area contributed by atoms with Gasteiger partial charge in [-0.15, -0.1) is 0 Å². The number of hydrogen-bond donors (Lipinski definition) is 0. The van der Waals surface area contributed by atoms with Crippen molar-refractivity contribution in [2.45, 2.75) is 72.8 Å². The summed E-state index contributed by atoms with van der Waals surface area (Å²) >= 11 is 0. The van der Waals surface area contributed by atoms with E-state index < -0.39 is 0 Å². The monoisotopic (exact) mass is 398 g/mol. The maximum atomic E-state index is 13.4. The minimum Gasteiger partial charge on any atom is -0.497 e. The van der Waals surface area contributed by atoms with Crippen LogP contribution in [0.2, 0.25) is 0 Å². The Labute approximate surface area is 176 Å². The molecule has 1 amide bonds. The SMILES string of the molecule is COc1ccc2c3c(n(CC(=O)N(CCC(C)C)CCC(C)C)c2c1)CCCC3. The van der Waals surface area contributed by atoms with E-state index in [-0.39, 0.29) is 5.91 Å². The van der Waals surface area contributed by atoms with E-state index in [2.05, 4.69) is 49.3 Å². The third kappa shape index (κ3) is 5.15. The van der Waals surface area contributed by atoms with Gasteiger partial charge in [-0.3, -0.25) is 4.79 Å². The molecule has 1 heterocycles. The predicted molar refractivity (Wildman–Crippen MR) is 121 cm³/mol. The van der Waals surface area contributed by atoms with Crippen LogP contribution in [-0.2, 0) is 24.2 Å². The highest BCUT2D eigenvalue weighted by atomic mass is 16.5. The Bertz CT molecular complexity index is 823. The molecule has 0 N–H and O–H groups in total. The van der Waals surface area contributed by atoms with E-state index in [0.717, 1.165) is 50.0 Å². The molecule has 1 aliphatic rings. The first-order valence-corrected chi connectivity index (χ1v) is 11.4. The summed E-state index contributed by atoms with van der Waals surface area (Å²) in [6, 6.07) is 6.32. The Morgan fingerprint density at radius 3 is 2.34 bits per heavy atom. The average Bonchev–Trinajstić information content (AvgIpc) is 3.00. The van der Waals surface area contributed by atoms with Crippen LogP contribution in [-0.4, -0.2) is 35.6 Å². The first kappa shape index (κ1) is 21.7. The molecule has 4 nitrogen and oxygen atoms in total. The van der Waals surface area contributed by atoms with E-state index in [9.17, 15) is 4.79 Å². The maximum Gasteiger partial charge on any atom is 0.242 e. The molecule has 0 spiro atoms. The number of ether oxygens (including phenoxy) is 1. The summed E-state index contributed by atoms with van der Waals surface area (Å²) in [6.07, 6.45) is 6.74. The highest BCUT2D eigenvalue weighted by Gasteiger charge is 2.23. The van der Waals surface area contributed by atoms with Crippen molar-refractivity contribution in [3.8, 4) is 5.75 Å². The summed E-state index contributed by atoms with van der Waals surface area (Å²) in [6.45, 7) is 11.1. The number of rotatable bonds is 9. The molecule has 1 aromatic carbocycles. The van der Waals surface area contributed by atoms with Crippen molar-refractivity contribution in [2.24, 2.45) is 11.8 Å². The summed E-state index contributed by atoms with van der Waals surface area (Å²) in [5.74, 6) is 2.32. The third-order valence-corrected chi connectivity index (χ3v) is 6.18. The molecule has 0 fully saturated rings. The molecular weight excluding hydrogens is 360 g/mol. The lowest BCUT2D eigenvalue weighted by molar-refractivity contribution is -0.132. The van der Waals surface area contributed by atoms with Crippen LogP contribution < -0.4 is 4.74 Å². The van der Waals surface area contributed by atoms with Crippen molar-refractivity contribution in [3.63, 3.8) is 0 Å². The molecule has 0 atom stereocenters. The van der Waals surface area contributed by atoms with Gasteiger partial charge in [0, 0.05) is 30.2 Å². The molecule has 160 valence electrons. The van der Waals surface area contributed by atoms with Crippen LogP contribution >= 0.6 is 0 Å². The van der Waals surface area contributed by atoms with Crippen LogP contribution in [0.4, 0.5) is 0 Å². The van der Waals surface area contributed by atoms with Crippen LogP contribution in [0.15, 0.2) is 18.2 Å². The summed E-state index contributed by atoms with van der Waals surface area (Å²) in [7, 11) is 1.71. The molecule has 29 heavy (non-hydrogen) atoms. The van der Waals surface area contributed by atoms with Gasteiger partial charge in [0.1, 0.15) is 12.3 Å². The van der Waals surface area contributed by atoms with Crippen molar-refractivity contribution < 1.29 is 9.53 Å². The molecule has 3 rings (SSSR count). The molecule has 0 radical (unpaired) electrons. The number of hydrogen-bond acceptors (Lipinski definition) is 2. The molecule has 1 aromatic heterocycles. The van der Waals surface area contributed by atoms with Gasteiger partial charge in [0.15, 0.2) is 0 Å². The Morgan fingerprint density at radius 1 is 1.07 bits per heavy atom. The van der Waals surface area contributed by atoms with Crippen molar-refractivity contribution in [1.29, 1.82) is 0 Å². The second kappa shape index (κ2) is 9.69. The number of aryl methyl sites for hydroxylation is 1. The Morgan fingerprint density at radius 2 is 1.72 bits per heavy atom. The lowest BCUT2D eigenvalue weighted by atomic mass is 9.95. The zero-order chi connectivity index (χ0) is 21.0. The van der Waals surface area contributed by atoms with Gasteiger partial charge in [-0.1, -0.05) is 27.7 Å². The van der Waals surface area contributed by atoms with E-state index in [0.29, 0.717) is 18.4 Å². The fourth-order valence-corrected chi connectivity index (χ4v) is 4.34. The number of methoxy groups -OCH3 is 1. The van der Waals surface area contributed by atoms with E-state index in [1.165, 1.54) is 29.5 Å². The molecule has 0 saturated carbocycles. The lowest BCUT2D eigenvalue weighted by Crippen LogP contribution is -2.36. The minimum absolute atomic E-state index is 0.249. The Kier molecular flexibility index (Phi) is 7.26. The third-order valence-electron chi connectivity index (χ3n) is 6.18. The second-order valence-electron chi connectivity index (χ2n) is 9.35. The largest absolute Gasteiger partial charge is 0.497 e. The molecule has 2 aromatic rings. The first-order chi connectivity index (χ1) is 13.9. The van der Waals surface area contributed by atoms with E-state index in [1.54, 1.807) is 7.11 Å². The van der Waals surface area contributed by atoms with E-state index in [4.69, 9.17) is 4.74 Å². The molecule has 0 unspecified atom stereocenters. The van der Waals surface area contributed by atoms with Gasteiger partial charge in [-0.05, 0) is 68.1 Å². The topological polar surface area (TPSA) is 34.5 Å². The van der Waals surface area contributed by atoms with Gasteiger partial charge in [0.25, 0.3) is 0 Å². The predicted octanol–water partition coefficient (Wildman–Crippen LogP) is 5.45. The van der Waals surface area contributed by atoms with Crippen LogP contribution in [0.3, 0.4) is 0 Å². The van der Waals surface area contributed by atoms with Crippen molar-refractivity contribution in [3.05, 3.63) is 29.5 Å². The summed E-state index contributed by atoms with van der Waals surface area (Å²) < 4.78 is 7.77. The normalized spacial score (nSPS) is 13.9. The summed E-state index contributed by atoms with van der Waals surface area (Å²) in [5.41, 5.74) is 3.95. The number of aromatic nitrogens is 1. The lowest BCUT2D eigenvalue weighted by Gasteiger charge is -2.26. The highest BCUT2D eigenvalue weighted by Crippen LogP contribution is 2.34. The Balaban J connectivity index is 1.90. The van der Waals surface area contributed by atoms with E-state index >= 15 is 0 Å². The van der Waals surface area contributed by atoms with Gasteiger partial charge in [0.2, 0.25) is 5.91 Å². The molecular formula is C25H38N2O2. The van der Waals surface area contributed by atoms with E-state index in [1.807, 2.05) is 6.07 Å². The first-order valence-electron chi connectivity index (χ1n) is 11.4. The minimum atomic E-state index is 0.249. The number of carbonyl (C=O) groups is 1. The number of fused-ring (bicyclic) bond motifs is 3. The van der Waals surface area contributed by atoms with Crippen molar-refractivity contribution >= 4 is 16.8 Å². The van der Waals surface area contributed by atoms with Crippen LogP contribution in [0.5, 0.6) is 5.75 Å². The second-order valence-corrected chi connectivity index (χ2v) is 9.35. The number of benzene rings is 1. The van der Waals surface area contributed by atoms with Crippen molar-refractivity contribution in [2.75, 3.05) is 20.2 Å². The van der Waals surface area contributed by atoms with Gasteiger partial charge in [-0.2, -0.15) is 0 Å². The molecule has 4 heteroatoms. The van der Waals surface area contributed by atoms with Crippen molar-refractivity contribution in [1.82, 2.24) is 9.47 Å². The van der Waals surface area contributed by atoms with Crippen LogP contribution in [0.1, 0.15) is 64.6 Å². The number of carbonyl (C=O) groups excluding carboxylic acids is 1. The zero-order valence-electron chi connectivity index (χ0n) is 19.0. The quantitative estimate of drug-likeness (QED) is 0.563. The van der Waals surface area contributed by atoms with Gasteiger partial charge >= 0.3 is 0 Å². The zero-order valence-corrected chi connectivity index (χ0v) is 19.0. The molecule has 0 saturated heterocycles. The average molecular weight is 399 g/mol. The number of nitrogens with zero attached hydrogens (tertiary/aromatic N) is 2. The highest BCUT2D eigenvalue weighted by molar-refractivity contribution is 5.89. The standard InChI is InChI=1S/C25H38N2O2/c1-18(2)12-14-26(15-13-19(3)4)25(28)17-27-23-9-7-6-8-21(23)22-11-10-20(29-5)16-24(22)27/h10-11,16,18-19H,6-9,12-15,17H2,1-5H3. The molecule has 0 aliphatic heterocycles. The van der Waals surface area contributed by atoms with Gasteiger partial charge < -0.3 is 14.2 Å². The smallest absolute Gasteiger partial charge is 0.242 e.